The average Bonchev–Trinajstić information content (AvgIpc) is 0.877. The fraction of sp³-hybridized carbons (Fsp3) is 0.729. The van der Waals surface area contributed by atoms with E-state index in [4.69, 9.17) is 22.9 Å². The molecule has 14 atom stereocenters. The molecule has 0 bridgehead atoms. The van der Waals surface area contributed by atoms with Crippen LogP contribution < -0.4 is 81.4 Å². The molecule has 0 aliphatic rings. The van der Waals surface area contributed by atoms with Gasteiger partial charge in [-0.1, -0.05) is 88.5 Å². The first-order valence-corrected chi connectivity index (χ1v) is 31.7. The Morgan fingerprint density at radius 1 is 0.400 bits per heavy atom. The number of carboxylic acids is 4. The van der Waals surface area contributed by atoms with Gasteiger partial charge in [-0.15, -0.1) is 0 Å². The van der Waals surface area contributed by atoms with Crippen LogP contribution in [-0.4, -0.2) is 213 Å². The molecule has 0 spiro atoms. The molecule has 0 saturated carbocycles. The van der Waals surface area contributed by atoms with E-state index in [1.807, 2.05) is 0 Å². The van der Waals surface area contributed by atoms with Gasteiger partial charge in [0.1, 0.15) is 66.5 Å². The molecule has 0 aromatic rings. The lowest BCUT2D eigenvalue weighted by atomic mass is 9.95. The molecule has 0 aromatic carbocycles. The van der Waals surface area contributed by atoms with Crippen molar-refractivity contribution in [3.05, 3.63) is 0 Å². The zero-order chi connectivity index (χ0) is 73.0. The van der Waals surface area contributed by atoms with E-state index in [9.17, 15) is 97.5 Å². The van der Waals surface area contributed by atoms with Crippen LogP contribution in [0.5, 0.6) is 0 Å². The Bertz CT molecular complexity index is 2640. The average molecular weight is 1360 g/mol. The zero-order valence-corrected chi connectivity index (χ0v) is 55.9. The number of aliphatic hydroxyl groups is 1. The normalized spacial score (nSPS) is 15.6. The minimum absolute atomic E-state index is 0.000942. The maximum Gasteiger partial charge on any atom is 0.328 e. The van der Waals surface area contributed by atoms with Gasteiger partial charge in [-0.05, 0) is 81.1 Å². The van der Waals surface area contributed by atoms with E-state index >= 15 is 0 Å². The number of unbranched alkanes of at least 4 members (excludes halogenated alkanes) is 1. The Morgan fingerprint density at radius 3 is 1.09 bits per heavy atom. The molecule has 0 aliphatic carbocycles. The van der Waals surface area contributed by atoms with Gasteiger partial charge in [-0.25, -0.2) is 4.79 Å². The largest absolute Gasteiger partial charge is 0.481 e. The first-order chi connectivity index (χ1) is 44.4. The van der Waals surface area contributed by atoms with Gasteiger partial charge in [0.2, 0.25) is 65.0 Å². The number of carbonyl (C=O) groups is 15. The number of hydrogen-bond acceptors (Lipinski definition) is 19. The molecule has 95 heavy (non-hydrogen) atoms. The number of carbonyl (C=O) groups excluding carboxylic acids is 11. The molecule has 0 fully saturated rings. The Labute approximate surface area is 552 Å². The summed E-state index contributed by atoms with van der Waals surface area (Å²) in [5, 5.41) is 75.0. The van der Waals surface area contributed by atoms with Crippen molar-refractivity contribution in [3.63, 3.8) is 0 Å². The van der Waals surface area contributed by atoms with E-state index in [-0.39, 0.29) is 76.3 Å². The van der Waals surface area contributed by atoms with Crippen LogP contribution in [0.15, 0.2) is 4.99 Å². The maximum atomic E-state index is 14.4. The van der Waals surface area contributed by atoms with Crippen LogP contribution in [0.1, 0.15) is 153 Å². The number of aliphatic carboxylic acids is 4. The summed E-state index contributed by atoms with van der Waals surface area (Å²) in [5.74, 6) is -21.0. The molecule has 0 heterocycles. The molecule has 24 N–H and O–H groups in total. The highest BCUT2D eigenvalue weighted by molar-refractivity contribution is 6.00. The smallest absolute Gasteiger partial charge is 0.328 e. The van der Waals surface area contributed by atoms with E-state index in [1.54, 1.807) is 48.5 Å². The highest BCUT2D eigenvalue weighted by atomic mass is 16.4. The summed E-state index contributed by atoms with van der Waals surface area (Å²) in [6.07, 6.45) is -2.25. The van der Waals surface area contributed by atoms with Crippen molar-refractivity contribution in [2.45, 2.75) is 219 Å². The van der Waals surface area contributed by atoms with Gasteiger partial charge in [0.05, 0.1) is 26.0 Å². The number of aliphatic hydroxyl groups excluding tert-OH is 1. The molecule has 0 aliphatic heterocycles. The summed E-state index contributed by atoms with van der Waals surface area (Å²) in [6, 6.07) is -17.6. The first kappa shape index (κ1) is 86.2. The third-order valence-electron chi connectivity index (χ3n) is 15.4. The summed E-state index contributed by atoms with van der Waals surface area (Å²) in [4.78, 5) is 204. The van der Waals surface area contributed by atoms with Gasteiger partial charge in [-0.3, -0.25) is 72.1 Å². The Balaban J connectivity index is 7.08. The molecule has 0 unspecified atom stereocenters. The maximum absolute atomic E-state index is 14.4. The number of nitrogens with zero attached hydrogens (tertiary/aromatic N) is 1. The standard InChI is InChI=1S/C59H104N16O20/c1-11-30(8)45(55(91)68-34(18-16-22-64-59(62)63)48(84)71-39(27-76)58(94)95)73-49(85)33(17-14-15-21-60)67-56(92)46(31(9)12-2)74-53(89)38(25-43(82)83)70-57(93)47(32(10)13-3)75-52(88)37(24-42(80)81)69-54(90)44(29(6)7)72-50(86)35(19-20-41(78)79)66-51(87)36(23-28(4)5)65-40(77)26-61/h28-39,44-47,76H,11-27,60-61H2,1-10H3,(H,65,77)(H,66,87)(H,67,92)(H,68,91)(H,69,90)(H,70,93)(H,71,84)(H,72,86)(H,73,85)(H,74,89)(H,75,88)(H,78,79)(H,80,81)(H,82,83)(H,94,95)(H4,62,63,64)/t30-,31-,32-,33-,34-,35-,36-,37-,38-,39-,44-,45-,46-,47-/m0/s1. The van der Waals surface area contributed by atoms with Crippen molar-refractivity contribution in [1.82, 2.24) is 58.5 Å². The number of nitrogens with one attached hydrogen (secondary N) is 11. The summed E-state index contributed by atoms with van der Waals surface area (Å²) in [5.41, 5.74) is 22.0. The second-order valence-corrected chi connectivity index (χ2v) is 24.0. The van der Waals surface area contributed by atoms with Crippen molar-refractivity contribution in [1.29, 1.82) is 0 Å². The predicted octanol–water partition coefficient (Wildman–Crippen LogP) is -4.81. The Morgan fingerprint density at radius 2 is 0.747 bits per heavy atom. The van der Waals surface area contributed by atoms with E-state index in [0.717, 1.165) is 0 Å². The van der Waals surface area contributed by atoms with Crippen LogP contribution in [0.2, 0.25) is 0 Å². The molecule has 36 nitrogen and oxygen atoms in total. The number of nitrogens with two attached hydrogens (primary N) is 4. The lowest BCUT2D eigenvalue weighted by Gasteiger charge is -2.31. The summed E-state index contributed by atoms with van der Waals surface area (Å²) < 4.78 is 0. The Kier molecular flexibility index (Phi) is 40.6. The molecular formula is C59H104N16O20. The van der Waals surface area contributed by atoms with Crippen molar-refractivity contribution >= 4 is 94.8 Å². The molecule has 0 saturated heterocycles. The van der Waals surface area contributed by atoms with Gasteiger partial charge in [0, 0.05) is 13.0 Å². The van der Waals surface area contributed by atoms with E-state index in [1.165, 1.54) is 20.8 Å². The molecule has 11 amide bonds. The van der Waals surface area contributed by atoms with Crippen molar-refractivity contribution in [2.24, 2.45) is 57.5 Å². The van der Waals surface area contributed by atoms with Crippen molar-refractivity contribution in [2.75, 3.05) is 26.2 Å². The van der Waals surface area contributed by atoms with Crippen molar-refractivity contribution in [3.8, 4) is 0 Å². The number of rotatable bonds is 48. The minimum Gasteiger partial charge on any atom is -0.481 e. The summed E-state index contributed by atoms with van der Waals surface area (Å²) >= 11 is 0. The number of guanidine groups is 1. The van der Waals surface area contributed by atoms with E-state index < -0.39 is 218 Å². The lowest BCUT2D eigenvalue weighted by molar-refractivity contribution is -0.143. The van der Waals surface area contributed by atoms with Gasteiger partial charge < -0.3 is 107 Å². The van der Waals surface area contributed by atoms with Crippen LogP contribution in [0.3, 0.4) is 0 Å². The monoisotopic (exact) mass is 1360 g/mol. The molecule has 0 aromatic heterocycles. The SMILES string of the molecule is CC[C@H](C)[C@H](NC(=O)[C@H](CCCCN)NC(=O)[C@@H](NC(=O)[C@H](CC(=O)O)NC(=O)[C@@H](NC(=O)[C@H](CC(=O)O)NC(=O)[C@@H](NC(=O)[C@H](CCC(=O)O)NC(=O)[C@H](CC(C)C)NC(=O)CN)C(C)C)[C@@H](C)CC)[C@@H](C)CC)C(=O)N[C@@H](CCCN=C(N)N)C(=O)N[C@@H](CO)C(=O)O. The second-order valence-electron chi connectivity index (χ2n) is 24.0. The topological polar surface area (TPSA) is 606 Å². The lowest BCUT2D eigenvalue weighted by Crippen LogP contribution is -2.62. The zero-order valence-electron chi connectivity index (χ0n) is 55.9. The fourth-order valence-electron chi connectivity index (χ4n) is 9.23. The van der Waals surface area contributed by atoms with Crippen LogP contribution in [0, 0.1) is 29.6 Å². The van der Waals surface area contributed by atoms with Crippen LogP contribution in [0.4, 0.5) is 0 Å². The van der Waals surface area contributed by atoms with E-state index in [2.05, 4.69) is 63.5 Å². The van der Waals surface area contributed by atoms with Gasteiger partial charge in [0.15, 0.2) is 5.96 Å². The second kappa shape index (κ2) is 44.7. The van der Waals surface area contributed by atoms with Crippen LogP contribution in [-0.2, 0) is 71.9 Å². The summed E-state index contributed by atoms with van der Waals surface area (Å²) in [6.45, 7) is 14.7. The molecule has 540 valence electrons. The molecule has 0 rings (SSSR count). The highest BCUT2D eigenvalue weighted by Gasteiger charge is 2.40. The van der Waals surface area contributed by atoms with Crippen molar-refractivity contribution < 1.29 is 97.5 Å². The quantitative estimate of drug-likeness (QED) is 0.0154. The molecule has 36 heteroatoms. The molecular weight excluding hydrogens is 1250 g/mol. The minimum atomic E-state index is -1.99. The number of carboxylic acid groups (broad SMARTS) is 4. The fourth-order valence-corrected chi connectivity index (χ4v) is 9.23. The number of aliphatic imine (C=N–C) groups is 1. The third kappa shape index (κ3) is 32.7. The van der Waals surface area contributed by atoms with E-state index in [0.29, 0.717) is 6.42 Å². The first-order valence-electron chi connectivity index (χ1n) is 31.7. The van der Waals surface area contributed by atoms with Gasteiger partial charge in [-0.2, -0.15) is 0 Å². The van der Waals surface area contributed by atoms with Gasteiger partial charge in [0.25, 0.3) is 0 Å². The van der Waals surface area contributed by atoms with Crippen LogP contribution in [0.25, 0.3) is 0 Å². The predicted molar refractivity (Wildman–Crippen MR) is 342 cm³/mol. The third-order valence-corrected chi connectivity index (χ3v) is 15.4. The number of amides is 11. The Hall–Kier alpha value is -8.80. The number of hydrogen-bond donors (Lipinski definition) is 20. The summed E-state index contributed by atoms with van der Waals surface area (Å²) in [7, 11) is 0. The van der Waals surface area contributed by atoms with Gasteiger partial charge >= 0.3 is 23.9 Å². The molecule has 0 radical (unpaired) electrons. The highest BCUT2D eigenvalue weighted by Crippen LogP contribution is 2.17. The van der Waals surface area contributed by atoms with Crippen LogP contribution >= 0.6 is 0 Å².